The van der Waals surface area contributed by atoms with Crippen molar-refractivity contribution in [2.45, 2.75) is 24.5 Å². The van der Waals surface area contributed by atoms with Crippen molar-refractivity contribution in [3.63, 3.8) is 0 Å². The molecular weight excluding hydrogens is 389 g/mol. The number of hydrogen-bond acceptors (Lipinski definition) is 6. The largest absolute Gasteiger partial charge is 0.394 e. The molecule has 4 atom stereocenters. The average Bonchev–Trinajstić information content (AvgIpc) is 3.03. The van der Waals surface area contributed by atoms with E-state index in [0.29, 0.717) is 26.7 Å². The van der Waals surface area contributed by atoms with Gasteiger partial charge < -0.3 is 25.0 Å². The number of imidazole rings is 1. The molecule has 132 valence electrons. The molecule has 0 saturated carbocycles. The van der Waals surface area contributed by atoms with E-state index in [1.165, 1.54) is 4.57 Å². The lowest BCUT2D eigenvalue weighted by Crippen LogP contribution is -2.33. The number of nitrogens with zero attached hydrogens (tertiary/aromatic N) is 2. The predicted molar refractivity (Wildman–Crippen MR) is 95.5 cm³/mol. The van der Waals surface area contributed by atoms with E-state index in [1.807, 2.05) is 6.07 Å². The SMILES string of the molecule is OC[C@H]1O[C@@H](n2c(=S)[nH]c3cc4cc(Cl)c(Cl)cc4nc32)[C@H](O)[C@@H]1O. The highest BCUT2D eigenvalue weighted by atomic mass is 35.5. The van der Waals surface area contributed by atoms with Crippen LogP contribution in [0.1, 0.15) is 6.23 Å². The average molecular weight is 402 g/mol. The molecule has 1 aliphatic heterocycles. The van der Waals surface area contributed by atoms with Crippen LogP contribution in [-0.4, -0.2) is 54.8 Å². The van der Waals surface area contributed by atoms with Gasteiger partial charge >= 0.3 is 0 Å². The smallest absolute Gasteiger partial charge is 0.181 e. The number of aromatic nitrogens is 3. The van der Waals surface area contributed by atoms with Gasteiger partial charge in [-0.05, 0) is 30.4 Å². The molecule has 3 heterocycles. The molecule has 3 aromatic rings. The molecule has 4 rings (SSSR count). The molecule has 1 aliphatic rings. The molecule has 0 aliphatic carbocycles. The summed E-state index contributed by atoms with van der Waals surface area (Å²) in [5, 5.41) is 31.1. The van der Waals surface area contributed by atoms with Gasteiger partial charge in [0.2, 0.25) is 0 Å². The molecule has 1 aromatic carbocycles. The fraction of sp³-hybridized carbons (Fsp3) is 0.333. The monoisotopic (exact) mass is 401 g/mol. The Morgan fingerprint density at radius 1 is 1.20 bits per heavy atom. The summed E-state index contributed by atoms with van der Waals surface area (Å²) >= 11 is 17.4. The number of ether oxygens (including phenoxy) is 1. The molecule has 1 fully saturated rings. The van der Waals surface area contributed by atoms with Gasteiger partial charge in [-0.25, -0.2) is 4.98 Å². The molecule has 2 aromatic heterocycles. The number of aromatic amines is 1. The first-order valence-corrected chi connectivity index (χ1v) is 8.59. The molecule has 0 amide bonds. The van der Waals surface area contributed by atoms with Crippen LogP contribution in [0.25, 0.3) is 22.1 Å². The summed E-state index contributed by atoms with van der Waals surface area (Å²) in [5.41, 5.74) is 1.65. The number of hydrogen-bond donors (Lipinski definition) is 4. The van der Waals surface area contributed by atoms with Crippen molar-refractivity contribution in [3.05, 3.63) is 33.0 Å². The first-order chi connectivity index (χ1) is 11.9. The fourth-order valence-electron chi connectivity index (χ4n) is 3.04. The lowest BCUT2D eigenvalue weighted by Gasteiger charge is -2.16. The molecule has 7 nitrogen and oxygen atoms in total. The van der Waals surface area contributed by atoms with Crippen LogP contribution in [0.3, 0.4) is 0 Å². The van der Waals surface area contributed by atoms with E-state index in [4.69, 9.17) is 40.2 Å². The second-order valence-corrected chi connectivity index (χ2v) is 7.05. The third-order valence-electron chi connectivity index (χ3n) is 4.30. The van der Waals surface area contributed by atoms with Crippen LogP contribution in [0.15, 0.2) is 18.2 Å². The van der Waals surface area contributed by atoms with Crippen molar-refractivity contribution in [1.82, 2.24) is 14.5 Å². The Hall–Kier alpha value is -1.26. The Bertz CT molecular complexity index is 1040. The Kier molecular flexibility index (Phi) is 4.24. The Balaban J connectivity index is 1.92. The molecule has 0 radical (unpaired) electrons. The minimum atomic E-state index is -1.26. The van der Waals surface area contributed by atoms with Gasteiger partial charge in [0.1, 0.15) is 18.3 Å². The van der Waals surface area contributed by atoms with Gasteiger partial charge in [0, 0.05) is 5.39 Å². The van der Waals surface area contributed by atoms with Crippen LogP contribution in [0.5, 0.6) is 0 Å². The van der Waals surface area contributed by atoms with Crippen LogP contribution in [0, 0.1) is 4.77 Å². The van der Waals surface area contributed by atoms with E-state index in [2.05, 4.69) is 9.97 Å². The van der Waals surface area contributed by atoms with Crippen LogP contribution in [0.2, 0.25) is 10.0 Å². The zero-order valence-electron chi connectivity index (χ0n) is 12.6. The number of halogens is 2. The van der Waals surface area contributed by atoms with E-state index >= 15 is 0 Å². The van der Waals surface area contributed by atoms with Crippen molar-refractivity contribution in [2.75, 3.05) is 6.61 Å². The fourth-order valence-corrected chi connectivity index (χ4v) is 3.67. The summed E-state index contributed by atoms with van der Waals surface area (Å²) in [6.45, 7) is -0.422. The zero-order valence-corrected chi connectivity index (χ0v) is 14.9. The number of aliphatic hydroxyl groups excluding tert-OH is 3. The van der Waals surface area contributed by atoms with Crippen molar-refractivity contribution >= 4 is 57.5 Å². The summed E-state index contributed by atoms with van der Waals surface area (Å²) in [4.78, 5) is 7.54. The zero-order chi connectivity index (χ0) is 17.9. The number of nitrogens with one attached hydrogen (secondary N) is 1. The highest BCUT2D eigenvalue weighted by Gasteiger charge is 2.44. The lowest BCUT2D eigenvalue weighted by molar-refractivity contribution is -0.0516. The molecular formula is C15H13Cl2N3O4S. The summed E-state index contributed by atoms with van der Waals surface area (Å²) in [5.74, 6) is 0. The Morgan fingerprint density at radius 3 is 2.60 bits per heavy atom. The number of rotatable bonds is 2. The van der Waals surface area contributed by atoms with Crippen molar-refractivity contribution in [1.29, 1.82) is 0 Å². The van der Waals surface area contributed by atoms with Crippen molar-refractivity contribution in [3.8, 4) is 0 Å². The normalized spacial score (nSPS) is 26.8. The van der Waals surface area contributed by atoms with E-state index in [9.17, 15) is 15.3 Å². The molecule has 1 saturated heterocycles. The first-order valence-electron chi connectivity index (χ1n) is 7.43. The summed E-state index contributed by atoms with van der Waals surface area (Å²) < 4.78 is 7.31. The van der Waals surface area contributed by atoms with Gasteiger partial charge in [0.15, 0.2) is 16.6 Å². The van der Waals surface area contributed by atoms with Gasteiger partial charge in [0.05, 0.1) is 27.7 Å². The third-order valence-corrected chi connectivity index (χ3v) is 5.32. The maximum Gasteiger partial charge on any atom is 0.181 e. The highest BCUT2D eigenvalue weighted by Crippen LogP contribution is 2.34. The minimum Gasteiger partial charge on any atom is -0.394 e. The molecule has 0 bridgehead atoms. The second-order valence-electron chi connectivity index (χ2n) is 5.85. The summed E-state index contributed by atoms with van der Waals surface area (Å²) in [6, 6.07) is 5.15. The minimum absolute atomic E-state index is 0.268. The van der Waals surface area contributed by atoms with Crippen molar-refractivity contribution < 1.29 is 20.1 Å². The van der Waals surface area contributed by atoms with Gasteiger partial charge in [-0.15, -0.1) is 0 Å². The topological polar surface area (TPSA) is 104 Å². The maximum absolute atomic E-state index is 10.3. The number of pyridine rings is 1. The van der Waals surface area contributed by atoms with Crippen molar-refractivity contribution in [2.24, 2.45) is 0 Å². The predicted octanol–water partition coefficient (Wildman–Crippen LogP) is 2.17. The summed E-state index contributed by atoms with van der Waals surface area (Å²) in [7, 11) is 0. The Labute approximate surface area is 156 Å². The Morgan fingerprint density at radius 2 is 1.92 bits per heavy atom. The number of fused-ring (bicyclic) bond motifs is 2. The highest BCUT2D eigenvalue weighted by molar-refractivity contribution is 7.71. The van der Waals surface area contributed by atoms with Crippen LogP contribution in [-0.2, 0) is 4.74 Å². The standard InChI is InChI=1S/C15H13Cl2N3O4S/c16-6-1-5-2-9-13(18-8(5)3-7(6)17)20(15(25)19-9)14-12(23)11(22)10(4-21)24-14/h1-3,10-12,14,21-23H,4H2,(H,19,25)/t10-,11-,12-,14-/m1/s1. The van der Waals surface area contributed by atoms with E-state index in [1.54, 1.807) is 12.1 Å². The molecule has 4 N–H and O–H groups in total. The second kappa shape index (κ2) is 6.17. The van der Waals surface area contributed by atoms with Crippen LogP contribution in [0.4, 0.5) is 0 Å². The number of benzene rings is 1. The molecule has 10 heteroatoms. The van der Waals surface area contributed by atoms with Gasteiger partial charge in [-0.2, -0.15) is 0 Å². The van der Waals surface area contributed by atoms with Gasteiger partial charge in [-0.1, -0.05) is 23.2 Å². The van der Waals surface area contributed by atoms with Crippen LogP contribution < -0.4 is 0 Å². The van der Waals surface area contributed by atoms with Gasteiger partial charge in [0.25, 0.3) is 0 Å². The summed E-state index contributed by atoms with van der Waals surface area (Å²) in [6.07, 6.45) is -4.36. The lowest BCUT2D eigenvalue weighted by atomic mass is 10.1. The van der Waals surface area contributed by atoms with E-state index in [-0.39, 0.29) is 4.77 Å². The van der Waals surface area contributed by atoms with E-state index < -0.39 is 31.1 Å². The number of H-pyrrole nitrogens is 1. The number of aliphatic hydroxyl groups is 3. The van der Waals surface area contributed by atoms with E-state index in [0.717, 1.165) is 5.39 Å². The maximum atomic E-state index is 10.3. The quantitative estimate of drug-likeness (QED) is 0.490. The van der Waals surface area contributed by atoms with Crippen LogP contribution >= 0.6 is 35.4 Å². The molecule has 0 unspecified atom stereocenters. The molecule has 0 spiro atoms. The molecule has 25 heavy (non-hydrogen) atoms. The van der Waals surface area contributed by atoms with Gasteiger partial charge in [-0.3, -0.25) is 4.57 Å². The third kappa shape index (κ3) is 2.65. The first kappa shape index (κ1) is 17.2.